The van der Waals surface area contributed by atoms with Crippen LogP contribution in [0.5, 0.6) is 0 Å². The zero-order chi connectivity index (χ0) is 11.8. The Morgan fingerprint density at radius 3 is 2.62 bits per heavy atom. The predicted octanol–water partition coefficient (Wildman–Crippen LogP) is -0.244. The van der Waals surface area contributed by atoms with Crippen molar-refractivity contribution in [2.75, 3.05) is 13.1 Å². The Hall–Kier alpha value is -0.920. The highest BCUT2D eigenvalue weighted by Crippen LogP contribution is 2.15. The first kappa shape index (κ1) is 11.6. The molecular weight excluding hydrogens is 228 g/mol. The minimum Gasteiger partial charge on any atom is -0.297 e. The van der Waals surface area contributed by atoms with Gasteiger partial charge >= 0.3 is 0 Å². The lowest BCUT2D eigenvalue weighted by Crippen LogP contribution is -2.36. The summed E-state index contributed by atoms with van der Waals surface area (Å²) in [5.74, 6) is 0. The highest BCUT2D eigenvalue weighted by molar-refractivity contribution is 7.89. The van der Waals surface area contributed by atoms with Crippen LogP contribution < -0.4 is 5.14 Å². The summed E-state index contributed by atoms with van der Waals surface area (Å²) < 4.78 is 24.0. The number of aryl methyl sites for hydroxylation is 1. The van der Waals surface area contributed by atoms with Gasteiger partial charge in [-0.05, 0) is 26.4 Å². The summed E-state index contributed by atoms with van der Waals surface area (Å²) in [5.41, 5.74) is 0.909. The first-order valence-electron chi connectivity index (χ1n) is 5.32. The molecule has 1 aromatic rings. The van der Waals surface area contributed by atoms with Crippen LogP contribution in [0.1, 0.15) is 19.0 Å². The topological polar surface area (TPSA) is 81.2 Å². The van der Waals surface area contributed by atoms with Gasteiger partial charge in [0.15, 0.2) is 5.03 Å². The fourth-order valence-corrected chi connectivity index (χ4v) is 2.25. The number of nitrogens with zero attached hydrogens (tertiary/aromatic N) is 3. The maximum Gasteiger partial charge on any atom is 0.257 e. The zero-order valence-corrected chi connectivity index (χ0v) is 10.1. The fourth-order valence-electron chi connectivity index (χ4n) is 1.74. The second kappa shape index (κ2) is 4.15. The third kappa shape index (κ3) is 2.26. The van der Waals surface area contributed by atoms with Crippen molar-refractivity contribution < 1.29 is 8.42 Å². The molecule has 2 N–H and O–H groups in total. The van der Waals surface area contributed by atoms with Crippen molar-refractivity contribution in [3.63, 3.8) is 0 Å². The Bertz CT molecular complexity index is 476. The molecule has 1 saturated heterocycles. The van der Waals surface area contributed by atoms with Gasteiger partial charge in [0.05, 0.1) is 5.69 Å². The lowest BCUT2D eigenvalue weighted by Gasteiger charge is -2.30. The molecule has 1 aromatic heterocycles. The zero-order valence-electron chi connectivity index (χ0n) is 9.26. The Morgan fingerprint density at radius 1 is 1.50 bits per heavy atom. The number of likely N-dealkylation sites (tertiary alicyclic amines) is 1. The van der Waals surface area contributed by atoms with E-state index < -0.39 is 10.0 Å². The lowest BCUT2D eigenvalue weighted by atomic mass is 10.2. The van der Waals surface area contributed by atoms with Crippen molar-refractivity contribution in [2.24, 2.45) is 5.14 Å². The maximum absolute atomic E-state index is 11.2. The summed E-state index contributed by atoms with van der Waals surface area (Å²) in [4.78, 5) is 2.25. The van der Waals surface area contributed by atoms with Gasteiger partial charge in [-0.1, -0.05) is 0 Å². The van der Waals surface area contributed by atoms with Gasteiger partial charge in [-0.2, -0.15) is 5.10 Å². The van der Waals surface area contributed by atoms with E-state index in [0.29, 0.717) is 6.54 Å². The average Bonchev–Trinajstić information content (AvgIpc) is 2.53. The van der Waals surface area contributed by atoms with Crippen molar-refractivity contribution in [1.82, 2.24) is 14.7 Å². The normalized spacial score (nSPS) is 17.4. The monoisotopic (exact) mass is 244 g/mol. The molecule has 2 heterocycles. The average molecular weight is 244 g/mol. The van der Waals surface area contributed by atoms with E-state index in [1.807, 2.05) is 6.92 Å². The number of hydrogen-bond donors (Lipinski definition) is 1. The summed E-state index contributed by atoms with van der Waals surface area (Å²) in [6, 6.07) is 1.57. The molecule has 0 spiro atoms. The largest absolute Gasteiger partial charge is 0.297 e. The molecule has 0 radical (unpaired) electrons. The van der Waals surface area contributed by atoms with Crippen molar-refractivity contribution >= 4 is 10.0 Å². The molecule has 1 fully saturated rings. The molecule has 1 aliphatic rings. The molecule has 16 heavy (non-hydrogen) atoms. The second-order valence-electron chi connectivity index (χ2n) is 3.96. The Kier molecular flexibility index (Phi) is 3.00. The van der Waals surface area contributed by atoms with Crippen LogP contribution in [0.15, 0.2) is 11.1 Å². The summed E-state index contributed by atoms with van der Waals surface area (Å²) in [5, 5.41) is 9.01. The quantitative estimate of drug-likeness (QED) is 0.792. The molecule has 90 valence electrons. The van der Waals surface area contributed by atoms with Crippen molar-refractivity contribution in [2.45, 2.75) is 31.5 Å². The van der Waals surface area contributed by atoms with E-state index >= 15 is 0 Å². The third-order valence-corrected chi connectivity index (χ3v) is 3.55. The number of sulfonamides is 1. The van der Waals surface area contributed by atoms with Gasteiger partial charge in [-0.15, -0.1) is 0 Å². The van der Waals surface area contributed by atoms with Crippen molar-refractivity contribution in [1.29, 1.82) is 0 Å². The van der Waals surface area contributed by atoms with Crippen LogP contribution >= 0.6 is 0 Å². The van der Waals surface area contributed by atoms with Crippen LogP contribution in [-0.2, 0) is 23.1 Å². The molecule has 0 aromatic carbocycles. The summed E-state index contributed by atoms with van der Waals surface area (Å²) in [7, 11) is -3.69. The van der Waals surface area contributed by atoms with E-state index in [1.165, 1.54) is 6.42 Å². The highest BCUT2D eigenvalue weighted by atomic mass is 32.2. The van der Waals surface area contributed by atoms with Crippen LogP contribution in [-0.4, -0.2) is 36.2 Å². The summed E-state index contributed by atoms with van der Waals surface area (Å²) in [6.07, 6.45) is 1.21. The SMILES string of the molecule is CCn1nc(S(N)(=O)=O)cc1CN1CCC1. The van der Waals surface area contributed by atoms with Gasteiger partial charge in [0, 0.05) is 19.2 Å². The van der Waals surface area contributed by atoms with Gasteiger partial charge < -0.3 is 0 Å². The predicted molar refractivity (Wildman–Crippen MR) is 59.2 cm³/mol. The molecule has 0 unspecified atom stereocenters. The fraction of sp³-hybridized carbons (Fsp3) is 0.667. The summed E-state index contributed by atoms with van der Waals surface area (Å²) >= 11 is 0. The van der Waals surface area contributed by atoms with Crippen LogP contribution in [0.25, 0.3) is 0 Å². The maximum atomic E-state index is 11.2. The van der Waals surface area contributed by atoms with Gasteiger partial charge in [-0.3, -0.25) is 9.58 Å². The van der Waals surface area contributed by atoms with E-state index in [4.69, 9.17) is 5.14 Å². The molecule has 0 bridgehead atoms. The highest BCUT2D eigenvalue weighted by Gasteiger charge is 2.20. The second-order valence-corrected chi connectivity index (χ2v) is 5.47. The van der Waals surface area contributed by atoms with Gasteiger partial charge in [-0.25, -0.2) is 13.6 Å². The van der Waals surface area contributed by atoms with E-state index in [0.717, 1.165) is 25.3 Å². The van der Waals surface area contributed by atoms with Crippen molar-refractivity contribution in [3.05, 3.63) is 11.8 Å². The van der Waals surface area contributed by atoms with Crippen LogP contribution in [0, 0.1) is 0 Å². The molecule has 0 amide bonds. The standard InChI is InChI=1S/C9H16N4O2S/c1-2-13-8(7-12-4-3-5-12)6-9(11-13)16(10,14)15/h6H,2-5,7H2,1H3,(H2,10,14,15). The van der Waals surface area contributed by atoms with Crippen LogP contribution in [0.2, 0.25) is 0 Å². The van der Waals surface area contributed by atoms with Gasteiger partial charge in [0.25, 0.3) is 10.0 Å². The number of nitrogens with two attached hydrogens (primary N) is 1. The van der Waals surface area contributed by atoms with Gasteiger partial charge in [0.2, 0.25) is 0 Å². The molecular formula is C9H16N4O2S. The Morgan fingerprint density at radius 2 is 2.19 bits per heavy atom. The first-order valence-corrected chi connectivity index (χ1v) is 6.87. The molecule has 7 heteroatoms. The van der Waals surface area contributed by atoms with Crippen LogP contribution in [0.3, 0.4) is 0 Å². The molecule has 1 aliphatic heterocycles. The van der Waals surface area contributed by atoms with E-state index in [2.05, 4.69) is 10.00 Å². The number of hydrogen-bond acceptors (Lipinski definition) is 4. The molecule has 0 atom stereocenters. The number of aromatic nitrogens is 2. The van der Waals surface area contributed by atoms with E-state index in [1.54, 1.807) is 10.7 Å². The molecule has 6 nitrogen and oxygen atoms in total. The summed E-state index contributed by atoms with van der Waals surface area (Å²) in [6.45, 7) is 5.47. The van der Waals surface area contributed by atoms with E-state index in [9.17, 15) is 8.42 Å². The number of rotatable bonds is 4. The molecule has 0 saturated carbocycles. The van der Waals surface area contributed by atoms with Crippen LogP contribution in [0.4, 0.5) is 0 Å². The minimum atomic E-state index is -3.69. The van der Waals surface area contributed by atoms with E-state index in [-0.39, 0.29) is 5.03 Å². The Balaban J connectivity index is 2.25. The van der Waals surface area contributed by atoms with Crippen molar-refractivity contribution in [3.8, 4) is 0 Å². The Labute approximate surface area is 95.1 Å². The lowest BCUT2D eigenvalue weighted by molar-refractivity contribution is 0.167. The number of primary sulfonamides is 1. The first-order chi connectivity index (χ1) is 7.50. The minimum absolute atomic E-state index is 0.0372. The molecule has 2 rings (SSSR count). The van der Waals surface area contributed by atoms with Gasteiger partial charge in [0.1, 0.15) is 0 Å². The smallest absolute Gasteiger partial charge is 0.257 e. The third-order valence-electron chi connectivity index (χ3n) is 2.77. The molecule has 0 aliphatic carbocycles.